The second-order valence-electron chi connectivity index (χ2n) is 8.65. The van der Waals surface area contributed by atoms with Crippen molar-refractivity contribution < 1.29 is 9.31 Å². The zero-order chi connectivity index (χ0) is 19.3. The highest BCUT2D eigenvalue weighted by Crippen LogP contribution is 2.56. The molecule has 1 saturated heterocycles. The van der Waals surface area contributed by atoms with Crippen molar-refractivity contribution in [3.63, 3.8) is 0 Å². The quantitative estimate of drug-likeness (QED) is 0.560. The minimum atomic E-state index is -0.224. The summed E-state index contributed by atoms with van der Waals surface area (Å²) in [6, 6.07) is 24.8. The standard InChI is InChI=1S/C26H25BO2/c1-4-13-26(14-5-1)24-10-3-2-9-22(24)23-12-11-20(18-25(23)26)19-7-6-8-21(17-19)27-28-15-16-29-27/h2-3,6-12,17-18H,1,4-5,13-16H2. The molecule has 29 heavy (non-hydrogen) atoms. The summed E-state index contributed by atoms with van der Waals surface area (Å²) in [5.41, 5.74) is 9.81. The van der Waals surface area contributed by atoms with Crippen molar-refractivity contribution in [2.24, 2.45) is 0 Å². The smallest absolute Gasteiger partial charge is 0.405 e. The first-order chi connectivity index (χ1) is 14.4. The highest BCUT2D eigenvalue weighted by molar-refractivity contribution is 6.61. The highest BCUT2D eigenvalue weighted by atomic mass is 16.6. The summed E-state index contributed by atoms with van der Waals surface area (Å²) in [4.78, 5) is 0. The lowest BCUT2D eigenvalue weighted by atomic mass is 9.67. The van der Waals surface area contributed by atoms with Crippen molar-refractivity contribution in [3.05, 3.63) is 77.9 Å². The van der Waals surface area contributed by atoms with Crippen LogP contribution in [0.2, 0.25) is 0 Å². The van der Waals surface area contributed by atoms with Gasteiger partial charge in [-0.15, -0.1) is 0 Å². The molecule has 1 heterocycles. The van der Waals surface area contributed by atoms with Crippen LogP contribution in [0.5, 0.6) is 0 Å². The molecule has 0 amide bonds. The third-order valence-corrected chi connectivity index (χ3v) is 7.09. The van der Waals surface area contributed by atoms with E-state index in [-0.39, 0.29) is 12.5 Å². The van der Waals surface area contributed by atoms with E-state index in [9.17, 15) is 0 Å². The van der Waals surface area contributed by atoms with Crippen LogP contribution in [0.3, 0.4) is 0 Å². The first-order valence-electron chi connectivity index (χ1n) is 10.9. The molecule has 0 unspecified atom stereocenters. The maximum atomic E-state index is 5.71. The summed E-state index contributed by atoms with van der Waals surface area (Å²) in [6.45, 7) is 1.35. The molecule has 2 nitrogen and oxygen atoms in total. The van der Waals surface area contributed by atoms with Gasteiger partial charge in [0.25, 0.3) is 0 Å². The second-order valence-corrected chi connectivity index (χ2v) is 8.65. The van der Waals surface area contributed by atoms with Crippen molar-refractivity contribution in [1.82, 2.24) is 0 Å². The van der Waals surface area contributed by atoms with Crippen LogP contribution >= 0.6 is 0 Å². The van der Waals surface area contributed by atoms with E-state index in [0.717, 1.165) is 5.46 Å². The van der Waals surface area contributed by atoms with Crippen LogP contribution in [0.1, 0.15) is 43.2 Å². The van der Waals surface area contributed by atoms with Crippen molar-refractivity contribution >= 4 is 12.6 Å². The van der Waals surface area contributed by atoms with Gasteiger partial charge in [0, 0.05) is 5.41 Å². The maximum absolute atomic E-state index is 5.71. The Morgan fingerprint density at radius 1 is 0.655 bits per heavy atom. The third kappa shape index (κ3) is 2.72. The van der Waals surface area contributed by atoms with Crippen LogP contribution in [-0.2, 0) is 14.7 Å². The van der Waals surface area contributed by atoms with Crippen LogP contribution in [0, 0.1) is 0 Å². The lowest BCUT2D eigenvalue weighted by Crippen LogP contribution is -2.31. The molecular formula is C26H25BO2. The molecule has 3 aromatic carbocycles. The molecule has 1 spiro atoms. The molecule has 3 aliphatic rings. The van der Waals surface area contributed by atoms with Gasteiger partial charge in [0.15, 0.2) is 0 Å². The average Bonchev–Trinajstić information content (AvgIpc) is 3.42. The van der Waals surface area contributed by atoms with Crippen LogP contribution in [-0.4, -0.2) is 20.3 Å². The lowest BCUT2D eigenvalue weighted by Gasteiger charge is -2.36. The van der Waals surface area contributed by atoms with E-state index in [4.69, 9.17) is 9.31 Å². The molecular weight excluding hydrogens is 355 g/mol. The van der Waals surface area contributed by atoms with E-state index in [1.54, 1.807) is 5.56 Å². The highest BCUT2D eigenvalue weighted by Gasteiger charge is 2.43. The molecule has 0 radical (unpaired) electrons. The molecule has 3 aromatic rings. The molecule has 6 rings (SSSR count). The number of rotatable bonds is 2. The fourth-order valence-corrected chi connectivity index (χ4v) is 5.74. The number of benzene rings is 3. The van der Waals surface area contributed by atoms with Gasteiger partial charge in [-0.1, -0.05) is 79.9 Å². The van der Waals surface area contributed by atoms with E-state index in [0.29, 0.717) is 13.2 Å². The number of hydrogen-bond donors (Lipinski definition) is 0. The molecule has 0 bridgehead atoms. The van der Waals surface area contributed by atoms with E-state index in [2.05, 4.69) is 66.7 Å². The molecule has 0 atom stereocenters. The predicted molar refractivity (Wildman–Crippen MR) is 118 cm³/mol. The Morgan fingerprint density at radius 2 is 1.41 bits per heavy atom. The minimum Gasteiger partial charge on any atom is -0.405 e. The average molecular weight is 380 g/mol. The SMILES string of the molecule is c1cc(B2OCCO2)cc(-c2ccc3c(c2)C2(CCCCC2)c2ccccc2-3)c1. The zero-order valence-corrected chi connectivity index (χ0v) is 16.7. The van der Waals surface area contributed by atoms with Crippen molar-refractivity contribution in [3.8, 4) is 22.3 Å². The predicted octanol–water partition coefficient (Wildman–Crippen LogP) is 5.33. The van der Waals surface area contributed by atoms with Crippen molar-refractivity contribution in [2.75, 3.05) is 13.2 Å². The molecule has 2 aliphatic carbocycles. The third-order valence-electron chi connectivity index (χ3n) is 7.09. The largest absolute Gasteiger partial charge is 0.494 e. The Hall–Kier alpha value is -2.36. The Morgan fingerprint density at radius 3 is 2.28 bits per heavy atom. The molecule has 1 saturated carbocycles. The summed E-state index contributed by atoms with van der Waals surface area (Å²) >= 11 is 0. The normalized spacial score (nSPS) is 19.4. The van der Waals surface area contributed by atoms with Gasteiger partial charge in [0.05, 0.1) is 13.2 Å². The number of fused-ring (bicyclic) bond motifs is 5. The Kier molecular flexibility index (Phi) is 4.14. The molecule has 2 fully saturated rings. The summed E-state index contributed by atoms with van der Waals surface area (Å²) < 4.78 is 11.4. The van der Waals surface area contributed by atoms with Gasteiger partial charge in [-0.2, -0.15) is 0 Å². The fraction of sp³-hybridized carbons (Fsp3) is 0.308. The first-order valence-corrected chi connectivity index (χ1v) is 10.9. The van der Waals surface area contributed by atoms with E-state index < -0.39 is 0 Å². The second kappa shape index (κ2) is 6.86. The first kappa shape index (κ1) is 17.5. The van der Waals surface area contributed by atoms with Gasteiger partial charge in [-0.3, -0.25) is 0 Å². The van der Waals surface area contributed by atoms with Gasteiger partial charge >= 0.3 is 7.12 Å². The van der Waals surface area contributed by atoms with Crippen LogP contribution in [0.25, 0.3) is 22.3 Å². The monoisotopic (exact) mass is 380 g/mol. The van der Waals surface area contributed by atoms with Gasteiger partial charge in [0.2, 0.25) is 0 Å². The Labute approximate surface area is 173 Å². The molecule has 0 aromatic heterocycles. The molecule has 144 valence electrons. The van der Waals surface area contributed by atoms with Crippen LogP contribution < -0.4 is 5.46 Å². The fourth-order valence-electron chi connectivity index (χ4n) is 5.74. The van der Waals surface area contributed by atoms with Crippen molar-refractivity contribution in [1.29, 1.82) is 0 Å². The molecule has 1 aliphatic heterocycles. The van der Waals surface area contributed by atoms with Gasteiger partial charge in [-0.25, -0.2) is 0 Å². The van der Waals surface area contributed by atoms with Crippen molar-refractivity contribution in [2.45, 2.75) is 37.5 Å². The topological polar surface area (TPSA) is 18.5 Å². The van der Waals surface area contributed by atoms with E-state index >= 15 is 0 Å². The summed E-state index contributed by atoms with van der Waals surface area (Å²) in [7, 11) is -0.224. The summed E-state index contributed by atoms with van der Waals surface area (Å²) in [5.74, 6) is 0. The van der Waals surface area contributed by atoms with Crippen LogP contribution in [0.15, 0.2) is 66.7 Å². The summed E-state index contributed by atoms with van der Waals surface area (Å²) in [5, 5.41) is 0. The zero-order valence-electron chi connectivity index (χ0n) is 16.7. The van der Waals surface area contributed by atoms with Gasteiger partial charge in [-0.05, 0) is 57.8 Å². The van der Waals surface area contributed by atoms with Crippen LogP contribution in [0.4, 0.5) is 0 Å². The number of hydrogen-bond acceptors (Lipinski definition) is 2. The van der Waals surface area contributed by atoms with E-state index in [1.807, 2.05) is 0 Å². The molecule has 0 N–H and O–H groups in total. The Bertz CT molecular complexity index is 1060. The molecule has 3 heteroatoms. The van der Waals surface area contributed by atoms with Gasteiger partial charge in [0.1, 0.15) is 0 Å². The van der Waals surface area contributed by atoms with E-state index in [1.165, 1.54) is 59.9 Å². The Balaban J connectivity index is 1.47. The summed E-state index contributed by atoms with van der Waals surface area (Å²) in [6.07, 6.45) is 6.55. The minimum absolute atomic E-state index is 0.204. The lowest BCUT2D eigenvalue weighted by molar-refractivity contribution is 0.353. The van der Waals surface area contributed by atoms with Gasteiger partial charge < -0.3 is 9.31 Å². The maximum Gasteiger partial charge on any atom is 0.494 e.